The van der Waals surface area contributed by atoms with Crippen LogP contribution in [0.2, 0.25) is 6.82 Å². The Balaban J connectivity index is 1.53. The van der Waals surface area contributed by atoms with E-state index in [1.807, 2.05) is 6.82 Å². The van der Waals surface area contributed by atoms with Gasteiger partial charge in [-0.3, -0.25) is 4.68 Å². The molecule has 4 rings (SSSR count). The van der Waals surface area contributed by atoms with E-state index in [4.69, 9.17) is 5.10 Å². The van der Waals surface area contributed by atoms with Crippen molar-refractivity contribution in [2.75, 3.05) is 13.1 Å². The molecule has 0 saturated carbocycles. The molecule has 2 aliphatic rings. The Labute approximate surface area is 138 Å². The lowest BCUT2D eigenvalue weighted by Crippen LogP contribution is -2.47. The van der Waals surface area contributed by atoms with Crippen LogP contribution in [0, 0.1) is 0 Å². The minimum atomic E-state index is -0.327. The zero-order valence-corrected chi connectivity index (χ0v) is 13.8. The Morgan fingerprint density at radius 1 is 1.13 bits per heavy atom. The van der Waals surface area contributed by atoms with E-state index in [9.17, 15) is 5.02 Å². The van der Waals surface area contributed by atoms with Gasteiger partial charge in [0.2, 0.25) is 0 Å². The van der Waals surface area contributed by atoms with Gasteiger partial charge in [0.05, 0.1) is 5.69 Å². The van der Waals surface area contributed by atoms with Crippen LogP contribution in [-0.2, 0) is 18.4 Å². The highest BCUT2D eigenvalue weighted by molar-refractivity contribution is 6.45. The Morgan fingerprint density at radius 3 is 2.52 bits per heavy atom. The average molecular weight is 309 g/mol. The second-order valence-corrected chi connectivity index (χ2v) is 7.10. The maximum atomic E-state index is 9.78. The van der Waals surface area contributed by atoms with Crippen molar-refractivity contribution in [3.05, 3.63) is 53.3 Å². The summed E-state index contributed by atoms with van der Waals surface area (Å²) in [7, 11) is -0.327. The standard InChI is InChI=1S/C18H24BN3O/c1-19(23)21-10-7-18(8-11-21)9-12-22-17(18)14-16(20-22)13-15-5-3-2-4-6-15/h2-6,14,23H,7-13H2,1H3. The third kappa shape index (κ3) is 2.72. The minimum Gasteiger partial charge on any atom is -0.437 e. The molecule has 1 aromatic carbocycles. The van der Waals surface area contributed by atoms with Gasteiger partial charge in [-0.05, 0) is 50.8 Å². The van der Waals surface area contributed by atoms with Gasteiger partial charge in [0.15, 0.2) is 0 Å². The third-order valence-corrected chi connectivity index (χ3v) is 5.69. The zero-order chi connectivity index (χ0) is 15.9. The van der Waals surface area contributed by atoms with Gasteiger partial charge in [-0.2, -0.15) is 5.10 Å². The Hall–Kier alpha value is -1.59. The molecule has 1 spiro atoms. The first-order chi connectivity index (χ1) is 11.2. The number of rotatable bonds is 3. The van der Waals surface area contributed by atoms with Crippen LogP contribution in [0.4, 0.5) is 0 Å². The van der Waals surface area contributed by atoms with Gasteiger partial charge in [-0.1, -0.05) is 30.3 Å². The smallest absolute Gasteiger partial charge is 0.376 e. The number of nitrogens with zero attached hydrogens (tertiary/aromatic N) is 3. The number of aryl methyl sites for hydroxylation is 1. The summed E-state index contributed by atoms with van der Waals surface area (Å²) in [6, 6.07) is 12.9. The topological polar surface area (TPSA) is 41.3 Å². The predicted molar refractivity (Wildman–Crippen MR) is 92.4 cm³/mol. The normalized spacial score (nSPS) is 19.9. The quantitative estimate of drug-likeness (QED) is 0.885. The van der Waals surface area contributed by atoms with E-state index in [0.717, 1.165) is 38.9 Å². The fourth-order valence-electron chi connectivity index (χ4n) is 4.24. The van der Waals surface area contributed by atoms with Crippen molar-refractivity contribution in [3.8, 4) is 0 Å². The van der Waals surface area contributed by atoms with Crippen LogP contribution < -0.4 is 0 Å². The van der Waals surface area contributed by atoms with E-state index in [-0.39, 0.29) is 12.5 Å². The average Bonchev–Trinajstić information content (AvgIpc) is 3.10. The molecule has 1 N–H and O–H groups in total. The van der Waals surface area contributed by atoms with Gasteiger partial charge in [0.25, 0.3) is 0 Å². The van der Waals surface area contributed by atoms with Gasteiger partial charge >= 0.3 is 7.05 Å². The van der Waals surface area contributed by atoms with E-state index < -0.39 is 0 Å². The van der Waals surface area contributed by atoms with Gasteiger partial charge in [-0.25, -0.2) is 0 Å². The summed E-state index contributed by atoms with van der Waals surface area (Å²) in [4.78, 5) is 2.18. The monoisotopic (exact) mass is 309 g/mol. The Morgan fingerprint density at radius 2 is 1.83 bits per heavy atom. The van der Waals surface area contributed by atoms with Crippen molar-refractivity contribution in [2.45, 2.75) is 44.5 Å². The summed E-state index contributed by atoms with van der Waals surface area (Å²) in [6.45, 7) is 4.88. The largest absolute Gasteiger partial charge is 0.437 e. The summed E-state index contributed by atoms with van der Waals surface area (Å²) in [5, 5.41) is 14.6. The van der Waals surface area contributed by atoms with E-state index in [1.165, 1.54) is 23.4 Å². The van der Waals surface area contributed by atoms with Crippen molar-refractivity contribution in [2.24, 2.45) is 0 Å². The molecule has 1 aromatic heterocycles. The number of hydrogen-bond donors (Lipinski definition) is 1. The zero-order valence-electron chi connectivity index (χ0n) is 13.8. The highest BCUT2D eigenvalue weighted by atomic mass is 16.2. The third-order valence-electron chi connectivity index (χ3n) is 5.69. The second kappa shape index (κ2) is 5.80. The molecular formula is C18H24BN3O. The Kier molecular flexibility index (Phi) is 3.78. The van der Waals surface area contributed by atoms with E-state index in [0.29, 0.717) is 0 Å². The molecule has 0 radical (unpaired) electrons. The van der Waals surface area contributed by atoms with Crippen molar-refractivity contribution >= 4 is 7.05 Å². The molecule has 4 nitrogen and oxygen atoms in total. The number of hydrogen-bond acceptors (Lipinski definition) is 3. The number of benzene rings is 1. The number of aromatic nitrogens is 2. The molecule has 5 heteroatoms. The number of fused-ring (bicyclic) bond motifs is 2. The molecule has 0 bridgehead atoms. The Bertz CT molecular complexity index is 675. The molecule has 0 atom stereocenters. The van der Waals surface area contributed by atoms with Gasteiger partial charge in [0.1, 0.15) is 0 Å². The lowest BCUT2D eigenvalue weighted by Gasteiger charge is -2.39. The van der Waals surface area contributed by atoms with Gasteiger partial charge in [0, 0.05) is 24.1 Å². The van der Waals surface area contributed by atoms with Crippen LogP contribution in [-0.4, -0.2) is 39.8 Å². The molecule has 2 aromatic rings. The SMILES string of the molecule is CB(O)N1CCC2(CC1)CCn1nc(Cc3ccccc3)cc12. The lowest BCUT2D eigenvalue weighted by atomic mass is 9.71. The van der Waals surface area contributed by atoms with Crippen LogP contribution in [0.1, 0.15) is 36.2 Å². The van der Waals surface area contributed by atoms with Crippen LogP contribution in [0.15, 0.2) is 36.4 Å². The molecule has 0 amide bonds. The molecule has 2 aliphatic heterocycles. The van der Waals surface area contributed by atoms with Gasteiger partial charge in [-0.15, -0.1) is 0 Å². The molecular weight excluding hydrogens is 285 g/mol. The first-order valence-electron chi connectivity index (χ1n) is 8.70. The molecule has 120 valence electrons. The highest BCUT2D eigenvalue weighted by Crippen LogP contribution is 2.43. The van der Waals surface area contributed by atoms with Crippen LogP contribution >= 0.6 is 0 Å². The summed E-state index contributed by atoms with van der Waals surface area (Å²) >= 11 is 0. The molecule has 1 fully saturated rings. The number of piperidine rings is 1. The molecule has 0 unspecified atom stereocenters. The summed E-state index contributed by atoms with van der Waals surface area (Å²) < 4.78 is 2.23. The first kappa shape index (κ1) is 15.0. The maximum Gasteiger partial charge on any atom is 0.376 e. The summed E-state index contributed by atoms with van der Waals surface area (Å²) in [5.74, 6) is 0. The van der Waals surface area contributed by atoms with Gasteiger partial charge < -0.3 is 9.83 Å². The summed E-state index contributed by atoms with van der Waals surface area (Å²) in [5.41, 5.74) is 4.21. The van der Waals surface area contributed by atoms with Crippen LogP contribution in [0.25, 0.3) is 0 Å². The first-order valence-corrected chi connectivity index (χ1v) is 8.70. The predicted octanol–water partition coefficient (Wildman–Crippen LogP) is 2.32. The highest BCUT2D eigenvalue weighted by Gasteiger charge is 2.43. The van der Waals surface area contributed by atoms with E-state index >= 15 is 0 Å². The minimum absolute atomic E-state index is 0.285. The fraction of sp³-hybridized carbons (Fsp3) is 0.500. The second-order valence-electron chi connectivity index (χ2n) is 7.10. The van der Waals surface area contributed by atoms with Crippen LogP contribution in [0.3, 0.4) is 0 Å². The van der Waals surface area contributed by atoms with Crippen LogP contribution in [0.5, 0.6) is 0 Å². The van der Waals surface area contributed by atoms with Crippen molar-refractivity contribution < 1.29 is 5.02 Å². The van der Waals surface area contributed by atoms with Crippen molar-refractivity contribution in [1.82, 2.24) is 14.6 Å². The maximum absolute atomic E-state index is 9.78. The van der Waals surface area contributed by atoms with Crippen molar-refractivity contribution in [3.63, 3.8) is 0 Å². The van der Waals surface area contributed by atoms with Crippen molar-refractivity contribution in [1.29, 1.82) is 0 Å². The lowest BCUT2D eigenvalue weighted by molar-refractivity contribution is 0.214. The summed E-state index contributed by atoms with van der Waals surface area (Å²) in [6.07, 6.45) is 4.38. The van der Waals surface area contributed by atoms with E-state index in [1.54, 1.807) is 0 Å². The molecule has 1 saturated heterocycles. The fourth-order valence-corrected chi connectivity index (χ4v) is 4.24. The molecule has 23 heavy (non-hydrogen) atoms. The van der Waals surface area contributed by atoms with E-state index in [2.05, 4.69) is 45.9 Å². The molecule has 0 aliphatic carbocycles. The molecule has 3 heterocycles.